The van der Waals surface area contributed by atoms with Crippen LogP contribution < -0.4 is 0 Å². The van der Waals surface area contributed by atoms with Gasteiger partial charge in [0.2, 0.25) is 0 Å². The number of hydrogen-bond acceptors (Lipinski definition) is 4. The van der Waals surface area contributed by atoms with Crippen LogP contribution in [0.4, 0.5) is 0 Å². The normalized spacial score (nSPS) is 46.8. The van der Waals surface area contributed by atoms with E-state index in [2.05, 4.69) is 0 Å². The minimum atomic E-state index is -0.121. The van der Waals surface area contributed by atoms with Crippen molar-refractivity contribution in [2.45, 2.75) is 153 Å². The van der Waals surface area contributed by atoms with Gasteiger partial charge in [0, 0.05) is 0 Å². The molecule has 12 saturated carbocycles. The lowest BCUT2D eigenvalue weighted by Gasteiger charge is -2.52. The molecule has 0 spiro atoms. The minimum Gasteiger partial charge on any atom is -0.462 e. The van der Waals surface area contributed by atoms with Gasteiger partial charge in [0.15, 0.2) is 0 Å². The molecular weight excluding hydrogens is 520 g/mol. The van der Waals surface area contributed by atoms with Crippen LogP contribution in [-0.2, 0) is 19.1 Å². The molecular formula is C38H58O4. The molecule has 0 aromatic heterocycles. The molecule has 12 fully saturated rings. The lowest BCUT2D eigenvalue weighted by atomic mass is 9.56. The third-order valence-electron chi connectivity index (χ3n) is 15.2. The first-order valence-electron chi connectivity index (χ1n) is 19.0. The van der Waals surface area contributed by atoms with Gasteiger partial charge in [0.25, 0.3) is 0 Å². The van der Waals surface area contributed by atoms with E-state index in [-0.39, 0.29) is 37.0 Å². The highest BCUT2D eigenvalue weighted by Gasteiger charge is 2.50. The number of ether oxygens (including phenoxy) is 2. The van der Waals surface area contributed by atoms with Crippen LogP contribution in [0.2, 0.25) is 0 Å². The van der Waals surface area contributed by atoms with Crippen LogP contribution in [0, 0.1) is 71.0 Å². The molecule has 0 aromatic carbocycles. The van der Waals surface area contributed by atoms with Crippen molar-refractivity contribution in [1.29, 1.82) is 0 Å². The summed E-state index contributed by atoms with van der Waals surface area (Å²) in [6, 6.07) is 0. The second-order valence-electron chi connectivity index (χ2n) is 17.1. The smallest absolute Gasteiger partial charge is 0.306 e. The van der Waals surface area contributed by atoms with Crippen molar-refractivity contribution >= 4 is 11.9 Å². The van der Waals surface area contributed by atoms with Crippen LogP contribution in [0.3, 0.4) is 0 Å². The summed E-state index contributed by atoms with van der Waals surface area (Å²) in [5.74, 6) is 8.37. The van der Waals surface area contributed by atoms with Crippen molar-refractivity contribution in [3.05, 3.63) is 0 Å². The van der Waals surface area contributed by atoms with E-state index in [1.807, 2.05) is 0 Å². The summed E-state index contributed by atoms with van der Waals surface area (Å²) in [5, 5.41) is 0. The Morgan fingerprint density at radius 2 is 0.643 bits per heavy atom. The molecule has 12 aliphatic rings. The average Bonchev–Trinajstić information content (AvgIpc) is 3.07. The Labute approximate surface area is 255 Å². The molecule has 8 bridgehead atoms. The van der Waals surface area contributed by atoms with Crippen molar-refractivity contribution < 1.29 is 19.1 Å². The highest BCUT2D eigenvalue weighted by molar-refractivity contribution is 5.77. The zero-order valence-corrected chi connectivity index (χ0v) is 26.3. The Kier molecular flexibility index (Phi) is 8.14. The molecule has 0 aliphatic heterocycles. The molecule has 0 N–H and O–H groups in total. The molecule has 12 aliphatic carbocycles. The third-order valence-corrected chi connectivity index (χ3v) is 15.2. The molecule has 0 radical (unpaired) electrons. The number of esters is 2. The van der Waals surface area contributed by atoms with Crippen molar-refractivity contribution in [3.8, 4) is 0 Å². The van der Waals surface area contributed by atoms with Gasteiger partial charge in [-0.05, 0) is 148 Å². The van der Waals surface area contributed by atoms with E-state index in [1.54, 1.807) is 0 Å². The molecule has 4 nitrogen and oxygen atoms in total. The Morgan fingerprint density at radius 3 is 0.833 bits per heavy atom. The van der Waals surface area contributed by atoms with Gasteiger partial charge in [-0.2, -0.15) is 0 Å². The predicted molar refractivity (Wildman–Crippen MR) is 163 cm³/mol. The average molecular weight is 579 g/mol. The van der Waals surface area contributed by atoms with Gasteiger partial charge in [0.05, 0.1) is 12.8 Å². The lowest BCUT2D eigenvalue weighted by molar-refractivity contribution is -0.173. The first-order chi connectivity index (χ1) is 20.6. The fraction of sp³-hybridized carbons (Fsp3) is 0.947. The quantitative estimate of drug-likeness (QED) is 0.256. The molecule has 0 saturated heterocycles. The van der Waals surface area contributed by atoms with Crippen molar-refractivity contribution in [2.75, 3.05) is 0 Å². The van der Waals surface area contributed by atoms with Gasteiger partial charge in [-0.25, -0.2) is 0 Å². The van der Waals surface area contributed by atoms with Crippen LogP contribution in [0.5, 0.6) is 0 Å². The second kappa shape index (κ2) is 12.0. The summed E-state index contributed by atoms with van der Waals surface area (Å²) in [7, 11) is 0. The monoisotopic (exact) mass is 578 g/mol. The summed E-state index contributed by atoms with van der Waals surface area (Å²) < 4.78 is 13.1. The highest BCUT2D eigenvalue weighted by Crippen LogP contribution is 2.55. The van der Waals surface area contributed by atoms with E-state index in [1.165, 1.54) is 128 Å². The lowest BCUT2D eigenvalue weighted by Crippen LogP contribution is -2.49. The van der Waals surface area contributed by atoms with Gasteiger partial charge in [-0.15, -0.1) is 0 Å². The highest BCUT2D eigenvalue weighted by atomic mass is 16.6. The van der Waals surface area contributed by atoms with Crippen LogP contribution in [0.1, 0.15) is 141 Å². The summed E-state index contributed by atoms with van der Waals surface area (Å²) in [4.78, 5) is 27.0. The molecule has 4 atom stereocenters. The largest absolute Gasteiger partial charge is 0.462 e. The third kappa shape index (κ3) is 5.61. The number of carbonyl (C=O) groups excluding carboxylic acids is 2. The summed E-state index contributed by atoms with van der Waals surface area (Å²) in [6.07, 6.45) is 27.5. The fourth-order valence-corrected chi connectivity index (χ4v) is 12.9. The maximum Gasteiger partial charge on any atom is 0.306 e. The van der Waals surface area contributed by atoms with Gasteiger partial charge in [-0.3, -0.25) is 9.59 Å². The Bertz CT molecular complexity index is 822. The number of carbonyl (C=O) groups is 2. The molecule has 0 amide bonds. The first-order valence-corrected chi connectivity index (χ1v) is 19.0. The molecule has 0 aromatic rings. The summed E-state index contributed by atoms with van der Waals surface area (Å²) in [5.41, 5.74) is 0. The van der Waals surface area contributed by atoms with Crippen molar-refractivity contribution in [2.24, 2.45) is 71.0 Å². The van der Waals surface area contributed by atoms with Crippen LogP contribution >= 0.6 is 0 Å². The fourth-order valence-electron chi connectivity index (χ4n) is 12.9. The molecule has 42 heavy (non-hydrogen) atoms. The number of hydrogen-bond donors (Lipinski definition) is 0. The van der Waals surface area contributed by atoms with Gasteiger partial charge in [-0.1, -0.05) is 51.4 Å². The molecule has 12 rings (SSSR count). The zero-order valence-electron chi connectivity index (χ0n) is 26.3. The Hall–Kier alpha value is -1.06. The zero-order chi connectivity index (χ0) is 28.2. The topological polar surface area (TPSA) is 52.6 Å². The van der Waals surface area contributed by atoms with Gasteiger partial charge < -0.3 is 9.47 Å². The minimum absolute atomic E-state index is 0.0954. The molecule has 4 heteroatoms. The Morgan fingerprint density at radius 1 is 0.405 bits per heavy atom. The predicted octanol–water partition coefficient (Wildman–Crippen LogP) is 8.90. The number of rotatable bonds is 9. The number of fused-ring (bicyclic) bond motifs is 12. The summed E-state index contributed by atoms with van der Waals surface area (Å²) in [6.45, 7) is 0. The van der Waals surface area contributed by atoms with E-state index >= 15 is 0 Å². The first kappa shape index (κ1) is 28.4. The van der Waals surface area contributed by atoms with Crippen LogP contribution in [0.25, 0.3) is 0 Å². The Balaban J connectivity index is 0.922. The standard InChI is InChI=1S/C38H58O4/c39-35(41-37(31-19-23-1-9-27(31)10-2-23)32-20-24-3-11-28(32)12-4-24)17-18-36(40)42-38(33-21-25-5-13-29(33)14-6-25)34-22-26-7-15-30(34)16-8-26/h23-34,37-38H,1-22H2. The van der Waals surface area contributed by atoms with Crippen LogP contribution in [0.15, 0.2) is 0 Å². The van der Waals surface area contributed by atoms with E-state index in [0.29, 0.717) is 23.7 Å². The van der Waals surface area contributed by atoms with E-state index < -0.39 is 0 Å². The van der Waals surface area contributed by atoms with Crippen molar-refractivity contribution in [1.82, 2.24) is 0 Å². The maximum atomic E-state index is 13.5. The van der Waals surface area contributed by atoms with Crippen molar-refractivity contribution in [3.63, 3.8) is 0 Å². The molecule has 4 unspecified atom stereocenters. The van der Waals surface area contributed by atoms with Gasteiger partial charge in [0.1, 0.15) is 12.2 Å². The maximum absolute atomic E-state index is 13.5. The van der Waals surface area contributed by atoms with E-state index in [9.17, 15) is 9.59 Å². The molecule has 0 heterocycles. The summed E-state index contributed by atoms with van der Waals surface area (Å²) >= 11 is 0. The van der Waals surface area contributed by atoms with Crippen LogP contribution in [-0.4, -0.2) is 24.1 Å². The van der Waals surface area contributed by atoms with E-state index in [4.69, 9.17) is 9.47 Å². The van der Waals surface area contributed by atoms with E-state index in [0.717, 1.165) is 47.3 Å². The van der Waals surface area contributed by atoms with Gasteiger partial charge >= 0.3 is 11.9 Å². The SMILES string of the molecule is O=C(CCC(=O)OC(C1CC2CCC1CC2)C1CC2CCC1CC2)OC(C1CC2CCC1CC2)C1CC2CCC1CC2. The second-order valence-corrected chi connectivity index (χ2v) is 17.1. The molecule has 234 valence electrons.